The molecule has 0 atom stereocenters. The van der Waals surface area contributed by atoms with E-state index in [0.717, 1.165) is 43.1 Å². The number of imidazole rings is 1. The molecule has 0 aliphatic carbocycles. The summed E-state index contributed by atoms with van der Waals surface area (Å²) in [6.45, 7) is 3.20. The molecule has 2 aromatic heterocycles. The molecule has 0 saturated carbocycles. The van der Waals surface area contributed by atoms with Crippen molar-refractivity contribution in [2.75, 3.05) is 13.7 Å². The number of nitrogens with one attached hydrogen (secondary N) is 1. The fraction of sp³-hybridized carbons (Fsp3) is 0.300. The smallest absolute Gasteiger partial charge is 0.161 e. The van der Waals surface area contributed by atoms with Gasteiger partial charge in [-0.15, -0.1) is 0 Å². The molecule has 0 spiro atoms. The van der Waals surface area contributed by atoms with E-state index in [-0.39, 0.29) is 0 Å². The van der Waals surface area contributed by atoms with Crippen LogP contribution in [0, 0.1) is 0 Å². The minimum Gasteiger partial charge on any atom is -0.493 e. The number of pyridine rings is 1. The Labute approximate surface area is 153 Å². The molecule has 3 rings (SSSR count). The van der Waals surface area contributed by atoms with Crippen molar-refractivity contribution < 1.29 is 9.47 Å². The summed E-state index contributed by atoms with van der Waals surface area (Å²) in [7, 11) is 1.66. The highest BCUT2D eigenvalue weighted by Gasteiger charge is 2.06. The summed E-state index contributed by atoms with van der Waals surface area (Å²) in [6.07, 6.45) is 10.2. The number of benzene rings is 1. The highest BCUT2D eigenvalue weighted by Crippen LogP contribution is 2.28. The van der Waals surface area contributed by atoms with Crippen LogP contribution in [0.5, 0.6) is 11.5 Å². The summed E-state index contributed by atoms with van der Waals surface area (Å²) < 4.78 is 13.4. The number of aryl methyl sites for hydroxylation is 1. The Morgan fingerprint density at radius 3 is 2.65 bits per heavy atom. The number of ether oxygens (including phenoxy) is 2. The van der Waals surface area contributed by atoms with Gasteiger partial charge in [-0.2, -0.15) is 0 Å². The van der Waals surface area contributed by atoms with Gasteiger partial charge in [-0.25, -0.2) is 4.98 Å². The zero-order chi connectivity index (χ0) is 18.0. The van der Waals surface area contributed by atoms with Gasteiger partial charge in [0.2, 0.25) is 0 Å². The van der Waals surface area contributed by atoms with Crippen LogP contribution in [-0.4, -0.2) is 28.2 Å². The van der Waals surface area contributed by atoms with Crippen LogP contribution in [0.3, 0.4) is 0 Å². The number of rotatable bonds is 10. The molecule has 0 saturated heterocycles. The second-order valence-corrected chi connectivity index (χ2v) is 5.96. The molecule has 136 valence electrons. The maximum atomic E-state index is 5.87. The molecule has 6 nitrogen and oxygen atoms in total. The van der Waals surface area contributed by atoms with Crippen molar-refractivity contribution in [2.24, 2.45) is 0 Å². The summed E-state index contributed by atoms with van der Waals surface area (Å²) in [6, 6.07) is 9.92. The van der Waals surface area contributed by atoms with Crippen molar-refractivity contribution in [3.8, 4) is 11.5 Å². The normalized spacial score (nSPS) is 10.7. The quantitative estimate of drug-likeness (QED) is 0.568. The van der Waals surface area contributed by atoms with Gasteiger partial charge in [-0.3, -0.25) is 4.98 Å². The molecule has 2 heterocycles. The molecular weight excluding hydrogens is 328 g/mol. The van der Waals surface area contributed by atoms with Gasteiger partial charge < -0.3 is 19.4 Å². The SMILES string of the molecule is COc1cc(CNCCCn2ccnc2)ccc1OCc1ccncc1. The first-order chi connectivity index (χ1) is 12.8. The molecule has 0 radical (unpaired) electrons. The summed E-state index contributed by atoms with van der Waals surface area (Å²) in [5, 5.41) is 3.46. The van der Waals surface area contributed by atoms with Crippen LogP contribution in [0.15, 0.2) is 61.4 Å². The average molecular weight is 352 g/mol. The third-order valence-electron chi connectivity index (χ3n) is 4.03. The van der Waals surface area contributed by atoms with E-state index < -0.39 is 0 Å². The third-order valence-corrected chi connectivity index (χ3v) is 4.03. The first-order valence-electron chi connectivity index (χ1n) is 8.70. The van der Waals surface area contributed by atoms with Gasteiger partial charge in [-0.05, 0) is 48.4 Å². The summed E-state index contributed by atoms with van der Waals surface area (Å²) in [5.41, 5.74) is 2.24. The third kappa shape index (κ3) is 5.32. The van der Waals surface area contributed by atoms with Crippen LogP contribution in [0.1, 0.15) is 17.5 Å². The first-order valence-corrected chi connectivity index (χ1v) is 8.70. The van der Waals surface area contributed by atoms with Crippen molar-refractivity contribution in [3.05, 3.63) is 72.6 Å². The molecule has 3 aromatic rings. The molecule has 0 fully saturated rings. The van der Waals surface area contributed by atoms with Gasteiger partial charge >= 0.3 is 0 Å². The molecule has 6 heteroatoms. The molecule has 0 bridgehead atoms. The van der Waals surface area contributed by atoms with Crippen molar-refractivity contribution in [1.82, 2.24) is 19.9 Å². The largest absolute Gasteiger partial charge is 0.493 e. The van der Waals surface area contributed by atoms with Crippen LogP contribution >= 0.6 is 0 Å². The van der Waals surface area contributed by atoms with Crippen molar-refractivity contribution in [2.45, 2.75) is 26.1 Å². The van der Waals surface area contributed by atoms with Crippen LogP contribution in [0.4, 0.5) is 0 Å². The number of hydrogen-bond donors (Lipinski definition) is 1. The second kappa shape index (κ2) is 9.58. The summed E-state index contributed by atoms with van der Waals surface area (Å²) in [5.74, 6) is 1.49. The van der Waals surface area contributed by atoms with E-state index >= 15 is 0 Å². The lowest BCUT2D eigenvalue weighted by Gasteiger charge is -2.13. The molecule has 0 amide bonds. The van der Waals surface area contributed by atoms with Gasteiger partial charge in [0.25, 0.3) is 0 Å². The molecule has 0 unspecified atom stereocenters. The molecule has 26 heavy (non-hydrogen) atoms. The fourth-order valence-electron chi connectivity index (χ4n) is 2.62. The average Bonchev–Trinajstić information content (AvgIpc) is 3.21. The van der Waals surface area contributed by atoms with Crippen molar-refractivity contribution in [1.29, 1.82) is 0 Å². The summed E-state index contributed by atoms with van der Waals surface area (Å²) in [4.78, 5) is 8.05. The molecule has 1 N–H and O–H groups in total. The fourth-order valence-corrected chi connectivity index (χ4v) is 2.62. The van der Waals surface area contributed by atoms with E-state index in [2.05, 4.69) is 25.9 Å². The Hall–Kier alpha value is -2.86. The van der Waals surface area contributed by atoms with Gasteiger partial charge in [0.15, 0.2) is 11.5 Å². The maximum absolute atomic E-state index is 5.87. The number of methoxy groups -OCH3 is 1. The Morgan fingerprint density at radius 2 is 1.88 bits per heavy atom. The number of aromatic nitrogens is 3. The van der Waals surface area contributed by atoms with E-state index in [4.69, 9.17) is 9.47 Å². The summed E-state index contributed by atoms with van der Waals surface area (Å²) >= 11 is 0. The zero-order valence-electron chi connectivity index (χ0n) is 15.0. The van der Waals surface area contributed by atoms with Crippen LogP contribution in [0.25, 0.3) is 0 Å². The van der Waals surface area contributed by atoms with E-state index in [1.807, 2.05) is 36.8 Å². The zero-order valence-corrected chi connectivity index (χ0v) is 15.0. The Morgan fingerprint density at radius 1 is 1.00 bits per heavy atom. The van der Waals surface area contributed by atoms with Crippen molar-refractivity contribution in [3.63, 3.8) is 0 Å². The van der Waals surface area contributed by atoms with Crippen molar-refractivity contribution >= 4 is 0 Å². The van der Waals surface area contributed by atoms with E-state index in [1.54, 1.807) is 25.7 Å². The van der Waals surface area contributed by atoms with Gasteiger partial charge in [-0.1, -0.05) is 6.07 Å². The standard InChI is InChI=1S/C20H24N4O2/c1-25-20-13-18(14-22-7-2-11-24-12-10-23-16-24)3-4-19(20)26-15-17-5-8-21-9-6-17/h3-6,8-10,12-13,16,22H,2,7,11,14-15H2,1H3. The number of hydrogen-bond acceptors (Lipinski definition) is 5. The minimum absolute atomic E-state index is 0.491. The van der Waals surface area contributed by atoms with E-state index in [1.165, 1.54) is 5.56 Å². The second-order valence-electron chi connectivity index (χ2n) is 5.96. The highest BCUT2D eigenvalue weighted by molar-refractivity contribution is 5.43. The Balaban J connectivity index is 1.46. The molecule has 1 aromatic carbocycles. The maximum Gasteiger partial charge on any atom is 0.161 e. The van der Waals surface area contributed by atoms with Gasteiger partial charge in [0.1, 0.15) is 6.61 Å². The predicted molar refractivity (Wildman–Crippen MR) is 100 cm³/mol. The Bertz CT molecular complexity index is 776. The lowest BCUT2D eigenvalue weighted by atomic mass is 10.2. The van der Waals surface area contributed by atoms with E-state index in [0.29, 0.717) is 6.61 Å². The Kier molecular flexibility index (Phi) is 6.61. The molecular formula is C20H24N4O2. The van der Waals surface area contributed by atoms with Crippen LogP contribution in [-0.2, 0) is 19.7 Å². The predicted octanol–water partition coefficient (Wildman–Crippen LogP) is 3.05. The lowest BCUT2D eigenvalue weighted by molar-refractivity contribution is 0.284. The molecule has 0 aliphatic heterocycles. The van der Waals surface area contributed by atoms with Crippen LogP contribution in [0.2, 0.25) is 0 Å². The van der Waals surface area contributed by atoms with Crippen LogP contribution < -0.4 is 14.8 Å². The highest BCUT2D eigenvalue weighted by atomic mass is 16.5. The number of nitrogens with zero attached hydrogens (tertiary/aromatic N) is 3. The monoisotopic (exact) mass is 352 g/mol. The van der Waals surface area contributed by atoms with Gasteiger partial charge in [0.05, 0.1) is 13.4 Å². The molecule has 0 aliphatic rings. The van der Waals surface area contributed by atoms with E-state index in [9.17, 15) is 0 Å². The topological polar surface area (TPSA) is 61.2 Å². The first kappa shape index (κ1) is 17.9. The van der Waals surface area contributed by atoms with Gasteiger partial charge in [0, 0.05) is 37.9 Å². The lowest BCUT2D eigenvalue weighted by Crippen LogP contribution is -2.16. The minimum atomic E-state index is 0.491.